The van der Waals surface area contributed by atoms with Crippen LogP contribution in [0.25, 0.3) is 0 Å². The average Bonchev–Trinajstić information content (AvgIpc) is 2.53. The predicted molar refractivity (Wildman–Crippen MR) is 96.8 cm³/mol. The third-order valence-corrected chi connectivity index (χ3v) is 3.64. The van der Waals surface area contributed by atoms with Crippen LogP contribution in [0.15, 0.2) is 24.3 Å². The van der Waals surface area contributed by atoms with Crippen molar-refractivity contribution in [1.29, 1.82) is 0 Å². The molecule has 1 aromatic carbocycles. The van der Waals surface area contributed by atoms with E-state index in [4.69, 9.17) is 0 Å². The molecule has 0 aromatic heterocycles. The molecular weight excluding hydrogens is 289 g/mol. The van der Waals surface area contributed by atoms with E-state index in [-0.39, 0.29) is 11.7 Å². The molecule has 1 rings (SSSR count). The van der Waals surface area contributed by atoms with Crippen molar-refractivity contribution >= 4 is 5.91 Å². The first-order valence-electron chi connectivity index (χ1n) is 9.09. The minimum absolute atomic E-state index is 0.112. The van der Waals surface area contributed by atoms with Crippen LogP contribution in [0.3, 0.4) is 0 Å². The fourth-order valence-corrected chi connectivity index (χ4v) is 2.26. The minimum atomic E-state index is -0.280. The number of unbranched alkanes of at least 4 members (excludes halogenated alkanes) is 8. The van der Waals surface area contributed by atoms with E-state index in [0.717, 1.165) is 5.56 Å². The molecule has 1 aromatic rings. The summed E-state index contributed by atoms with van der Waals surface area (Å²) in [6, 6.07) is 6.15. The zero-order chi connectivity index (χ0) is 17.3. The Bertz CT molecular complexity index is 398. The first kappa shape index (κ1) is 21.6. The Morgan fingerprint density at radius 3 is 1.91 bits per heavy atom. The summed E-state index contributed by atoms with van der Waals surface area (Å²) in [5.41, 5.74) is 0.769. The van der Waals surface area contributed by atoms with Crippen LogP contribution in [0.1, 0.15) is 84.1 Å². The maximum Gasteiger partial charge on any atom is 0.217 e. The van der Waals surface area contributed by atoms with Gasteiger partial charge in [-0.05, 0) is 17.7 Å². The second kappa shape index (κ2) is 15.5. The van der Waals surface area contributed by atoms with Gasteiger partial charge in [-0.3, -0.25) is 4.79 Å². The van der Waals surface area contributed by atoms with Crippen molar-refractivity contribution in [1.82, 2.24) is 5.32 Å². The molecule has 1 N–H and O–H groups in total. The molecule has 1 amide bonds. The zero-order valence-corrected chi connectivity index (χ0v) is 15.2. The number of nitrogens with one attached hydrogen (secondary N) is 1. The normalized spacial score (nSPS) is 9.91. The van der Waals surface area contributed by atoms with E-state index >= 15 is 0 Å². The van der Waals surface area contributed by atoms with E-state index in [1.54, 1.807) is 12.1 Å². The summed E-state index contributed by atoms with van der Waals surface area (Å²) in [5.74, 6) is -0.392. The molecule has 0 radical (unpaired) electrons. The molecule has 132 valence electrons. The fraction of sp³-hybridized carbons (Fsp3) is 0.650. The SMILES string of the molecule is CC(=O)NCc1cccc(F)c1.CCCCCCCCCCC. The van der Waals surface area contributed by atoms with Crippen LogP contribution in [-0.2, 0) is 11.3 Å². The lowest BCUT2D eigenvalue weighted by atomic mass is 10.1. The molecule has 0 spiro atoms. The van der Waals surface area contributed by atoms with E-state index in [0.29, 0.717) is 6.54 Å². The van der Waals surface area contributed by atoms with Gasteiger partial charge in [0.05, 0.1) is 0 Å². The zero-order valence-electron chi connectivity index (χ0n) is 15.2. The molecule has 0 saturated carbocycles. The molecule has 0 aliphatic rings. The number of benzene rings is 1. The Kier molecular flexibility index (Phi) is 14.6. The smallest absolute Gasteiger partial charge is 0.217 e. The van der Waals surface area contributed by atoms with E-state index < -0.39 is 0 Å². The first-order chi connectivity index (χ1) is 11.1. The van der Waals surface area contributed by atoms with Gasteiger partial charge in [-0.1, -0.05) is 83.8 Å². The second-order valence-electron chi connectivity index (χ2n) is 6.01. The molecule has 0 unspecified atom stereocenters. The Labute approximate surface area is 141 Å². The monoisotopic (exact) mass is 323 g/mol. The average molecular weight is 323 g/mol. The number of hydrogen-bond acceptors (Lipinski definition) is 1. The molecule has 23 heavy (non-hydrogen) atoms. The van der Waals surface area contributed by atoms with Gasteiger partial charge < -0.3 is 5.32 Å². The van der Waals surface area contributed by atoms with Crippen molar-refractivity contribution in [3.05, 3.63) is 35.6 Å². The first-order valence-corrected chi connectivity index (χ1v) is 9.09. The van der Waals surface area contributed by atoms with Crippen molar-refractivity contribution in [3.8, 4) is 0 Å². The van der Waals surface area contributed by atoms with E-state index in [1.165, 1.54) is 76.8 Å². The van der Waals surface area contributed by atoms with Crippen LogP contribution in [0, 0.1) is 5.82 Å². The van der Waals surface area contributed by atoms with Gasteiger partial charge in [0.2, 0.25) is 5.91 Å². The van der Waals surface area contributed by atoms with Crippen LogP contribution >= 0.6 is 0 Å². The van der Waals surface area contributed by atoms with Crippen molar-refractivity contribution in [2.24, 2.45) is 0 Å². The number of hydrogen-bond donors (Lipinski definition) is 1. The Hall–Kier alpha value is -1.38. The summed E-state index contributed by atoms with van der Waals surface area (Å²) in [6.45, 7) is 6.36. The van der Waals surface area contributed by atoms with Gasteiger partial charge >= 0.3 is 0 Å². The van der Waals surface area contributed by atoms with E-state index in [1.807, 2.05) is 0 Å². The summed E-state index contributed by atoms with van der Waals surface area (Å²) in [7, 11) is 0. The standard InChI is InChI=1S/C11H24.C9H10FNO/c1-3-5-7-9-11-10-8-6-4-2;1-7(12)11-6-8-3-2-4-9(10)5-8/h3-11H2,1-2H3;2-5H,6H2,1H3,(H,11,12). The lowest BCUT2D eigenvalue weighted by Crippen LogP contribution is -2.18. The largest absolute Gasteiger partial charge is 0.352 e. The topological polar surface area (TPSA) is 29.1 Å². The van der Waals surface area contributed by atoms with Gasteiger partial charge in [0.15, 0.2) is 0 Å². The molecule has 3 heteroatoms. The highest BCUT2D eigenvalue weighted by atomic mass is 19.1. The summed E-state index contributed by atoms with van der Waals surface area (Å²) < 4.78 is 12.6. The Morgan fingerprint density at radius 2 is 1.48 bits per heavy atom. The molecule has 0 atom stereocenters. The van der Waals surface area contributed by atoms with Crippen molar-refractivity contribution in [2.75, 3.05) is 0 Å². The number of carbonyl (C=O) groups is 1. The minimum Gasteiger partial charge on any atom is -0.352 e. The van der Waals surface area contributed by atoms with Gasteiger partial charge in [-0.15, -0.1) is 0 Å². The highest BCUT2D eigenvalue weighted by molar-refractivity contribution is 5.72. The number of halogens is 1. The lowest BCUT2D eigenvalue weighted by molar-refractivity contribution is -0.119. The summed E-state index contributed by atoms with van der Waals surface area (Å²) in [5, 5.41) is 2.58. The quantitative estimate of drug-likeness (QED) is 0.526. The molecule has 0 fully saturated rings. The van der Waals surface area contributed by atoms with Crippen molar-refractivity contribution < 1.29 is 9.18 Å². The van der Waals surface area contributed by atoms with Crippen molar-refractivity contribution in [2.45, 2.75) is 85.1 Å². The van der Waals surface area contributed by atoms with Gasteiger partial charge in [0.25, 0.3) is 0 Å². The highest BCUT2D eigenvalue weighted by Crippen LogP contribution is 2.08. The molecule has 2 nitrogen and oxygen atoms in total. The third kappa shape index (κ3) is 15.3. The van der Waals surface area contributed by atoms with E-state index in [2.05, 4.69) is 19.2 Å². The predicted octanol–water partition coefficient (Wildman–Crippen LogP) is 6.00. The molecule has 0 aliphatic heterocycles. The summed E-state index contributed by atoms with van der Waals surface area (Å²) in [4.78, 5) is 10.5. The molecule has 0 aliphatic carbocycles. The van der Waals surface area contributed by atoms with Crippen LogP contribution in [-0.4, -0.2) is 5.91 Å². The molecule has 0 heterocycles. The van der Waals surface area contributed by atoms with Crippen LogP contribution in [0.5, 0.6) is 0 Å². The maximum atomic E-state index is 12.6. The van der Waals surface area contributed by atoms with Gasteiger partial charge in [0, 0.05) is 13.5 Å². The number of amides is 1. The molecular formula is C20H34FNO. The summed E-state index contributed by atoms with van der Waals surface area (Å²) in [6.07, 6.45) is 13.0. The van der Waals surface area contributed by atoms with Gasteiger partial charge in [-0.2, -0.15) is 0 Å². The highest BCUT2D eigenvalue weighted by Gasteiger charge is 1.95. The van der Waals surface area contributed by atoms with Gasteiger partial charge in [0.1, 0.15) is 5.82 Å². The Balaban J connectivity index is 0.000000423. The second-order valence-corrected chi connectivity index (χ2v) is 6.01. The van der Waals surface area contributed by atoms with Crippen LogP contribution in [0.4, 0.5) is 4.39 Å². The van der Waals surface area contributed by atoms with Gasteiger partial charge in [-0.25, -0.2) is 4.39 Å². The molecule has 0 saturated heterocycles. The fourth-order valence-electron chi connectivity index (χ4n) is 2.26. The van der Waals surface area contributed by atoms with Crippen LogP contribution < -0.4 is 5.32 Å². The lowest BCUT2D eigenvalue weighted by Gasteiger charge is -2.01. The number of carbonyl (C=O) groups excluding carboxylic acids is 1. The Morgan fingerprint density at radius 1 is 0.957 bits per heavy atom. The maximum absolute atomic E-state index is 12.6. The van der Waals surface area contributed by atoms with Crippen LogP contribution in [0.2, 0.25) is 0 Å². The van der Waals surface area contributed by atoms with E-state index in [9.17, 15) is 9.18 Å². The van der Waals surface area contributed by atoms with Crippen molar-refractivity contribution in [3.63, 3.8) is 0 Å². The molecule has 0 bridgehead atoms. The third-order valence-electron chi connectivity index (χ3n) is 3.64. The summed E-state index contributed by atoms with van der Waals surface area (Å²) >= 11 is 0. The number of rotatable bonds is 10.